The van der Waals surface area contributed by atoms with Gasteiger partial charge in [-0.25, -0.2) is 0 Å². The van der Waals surface area contributed by atoms with Crippen molar-refractivity contribution in [3.05, 3.63) is 29.8 Å². The van der Waals surface area contributed by atoms with Crippen molar-refractivity contribution in [2.75, 3.05) is 5.73 Å². The summed E-state index contributed by atoms with van der Waals surface area (Å²) < 4.78 is 0. The third kappa shape index (κ3) is 3.95. The van der Waals surface area contributed by atoms with Gasteiger partial charge in [0.2, 0.25) is 0 Å². The fourth-order valence-corrected chi connectivity index (χ4v) is 1.00. The Morgan fingerprint density at radius 2 is 2.08 bits per heavy atom. The molecule has 2 heteroatoms. The third-order valence-electron chi connectivity index (χ3n) is 1.69. The van der Waals surface area contributed by atoms with Crippen molar-refractivity contribution < 1.29 is 0 Å². The molecular formula is C11H17N2. The number of rotatable bonds is 2. The van der Waals surface area contributed by atoms with Crippen LogP contribution in [0.15, 0.2) is 18.2 Å². The Morgan fingerprint density at radius 1 is 1.38 bits per heavy atom. The zero-order valence-corrected chi connectivity index (χ0v) is 8.52. The second-order valence-corrected chi connectivity index (χ2v) is 4.23. The predicted octanol–water partition coefficient (Wildman–Crippen LogP) is 1.96. The van der Waals surface area contributed by atoms with Crippen molar-refractivity contribution >= 4 is 5.69 Å². The molecule has 0 aliphatic heterocycles. The van der Waals surface area contributed by atoms with E-state index in [1.807, 2.05) is 18.2 Å². The summed E-state index contributed by atoms with van der Waals surface area (Å²) in [6, 6.07) is 8.92. The SMILES string of the molecule is CC(C)(C)NCc1[c]c(N)ccc1. The number of benzene rings is 1. The van der Waals surface area contributed by atoms with E-state index >= 15 is 0 Å². The largest absolute Gasteiger partial charge is 0.398 e. The third-order valence-corrected chi connectivity index (χ3v) is 1.69. The lowest BCUT2D eigenvalue weighted by molar-refractivity contribution is 0.424. The molecule has 2 nitrogen and oxygen atoms in total. The summed E-state index contributed by atoms with van der Waals surface area (Å²) in [5.41, 5.74) is 7.56. The number of hydrogen-bond donors (Lipinski definition) is 2. The van der Waals surface area contributed by atoms with Crippen molar-refractivity contribution in [1.82, 2.24) is 5.32 Å². The Balaban J connectivity index is 2.55. The molecule has 1 aromatic rings. The fourth-order valence-electron chi connectivity index (χ4n) is 1.00. The lowest BCUT2D eigenvalue weighted by atomic mass is 10.1. The molecule has 0 aromatic heterocycles. The zero-order chi connectivity index (χ0) is 9.90. The summed E-state index contributed by atoms with van der Waals surface area (Å²) in [6.45, 7) is 7.23. The molecule has 0 bridgehead atoms. The van der Waals surface area contributed by atoms with Gasteiger partial charge in [0.1, 0.15) is 0 Å². The highest BCUT2D eigenvalue weighted by atomic mass is 14.9. The van der Waals surface area contributed by atoms with Gasteiger partial charge in [0.25, 0.3) is 0 Å². The summed E-state index contributed by atoms with van der Waals surface area (Å²) >= 11 is 0. The van der Waals surface area contributed by atoms with Crippen LogP contribution >= 0.6 is 0 Å². The molecule has 13 heavy (non-hydrogen) atoms. The lowest BCUT2D eigenvalue weighted by Crippen LogP contribution is -2.35. The molecule has 0 saturated heterocycles. The van der Waals surface area contributed by atoms with Gasteiger partial charge in [0.15, 0.2) is 0 Å². The van der Waals surface area contributed by atoms with Crippen LogP contribution in [-0.4, -0.2) is 5.54 Å². The van der Waals surface area contributed by atoms with Gasteiger partial charge in [0, 0.05) is 23.8 Å². The van der Waals surface area contributed by atoms with Gasteiger partial charge >= 0.3 is 0 Å². The molecule has 0 unspecified atom stereocenters. The molecule has 3 N–H and O–H groups in total. The monoisotopic (exact) mass is 177 g/mol. The Bertz CT molecular complexity index is 274. The number of nitrogen functional groups attached to an aromatic ring is 1. The zero-order valence-electron chi connectivity index (χ0n) is 8.52. The van der Waals surface area contributed by atoms with Gasteiger partial charge in [-0.15, -0.1) is 0 Å². The molecule has 0 atom stereocenters. The lowest BCUT2D eigenvalue weighted by Gasteiger charge is -2.20. The van der Waals surface area contributed by atoms with E-state index in [1.54, 1.807) is 0 Å². The smallest absolute Gasteiger partial charge is 0.0397 e. The highest BCUT2D eigenvalue weighted by Gasteiger charge is 2.07. The normalized spacial score (nSPS) is 11.6. The first kappa shape index (κ1) is 10.1. The van der Waals surface area contributed by atoms with Crippen molar-refractivity contribution in [3.63, 3.8) is 0 Å². The molecule has 0 fully saturated rings. The van der Waals surface area contributed by atoms with Crippen LogP contribution in [0.4, 0.5) is 5.69 Å². The Morgan fingerprint density at radius 3 is 2.62 bits per heavy atom. The Labute approximate surface area is 80.1 Å². The second kappa shape index (κ2) is 3.79. The fraction of sp³-hybridized carbons (Fsp3) is 0.455. The second-order valence-electron chi connectivity index (χ2n) is 4.23. The van der Waals surface area contributed by atoms with Gasteiger partial charge in [0.05, 0.1) is 0 Å². The molecule has 0 heterocycles. The van der Waals surface area contributed by atoms with Crippen LogP contribution in [0.3, 0.4) is 0 Å². The van der Waals surface area contributed by atoms with E-state index < -0.39 is 0 Å². The van der Waals surface area contributed by atoms with E-state index in [4.69, 9.17) is 5.73 Å². The van der Waals surface area contributed by atoms with Crippen LogP contribution in [-0.2, 0) is 6.54 Å². The van der Waals surface area contributed by atoms with Gasteiger partial charge in [-0.05, 0) is 32.4 Å². The predicted molar refractivity (Wildman–Crippen MR) is 56.3 cm³/mol. The van der Waals surface area contributed by atoms with Crippen molar-refractivity contribution in [3.8, 4) is 0 Å². The van der Waals surface area contributed by atoms with Crippen LogP contribution < -0.4 is 11.1 Å². The van der Waals surface area contributed by atoms with E-state index in [0.29, 0.717) is 5.69 Å². The number of hydrogen-bond acceptors (Lipinski definition) is 2. The topological polar surface area (TPSA) is 38.0 Å². The van der Waals surface area contributed by atoms with Crippen molar-refractivity contribution in [2.45, 2.75) is 32.9 Å². The molecule has 1 rings (SSSR count). The van der Waals surface area contributed by atoms with Crippen molar-refractivity contribution in [2.24, 2.45) is 0 Å². The molecule has 0 saturated carbocycles. The average Bonchev–Trinajstić information content (AvgIpc) is 2.00. The maximum Gasteiger partial charge on any atom is 0.0397 e. The molecule has 0 spiro atoms. The van der Waals surface area contributed by atoms with Crippen molar-refractivity contribution in [1.29, 1.82) is 0 Å². The minimum absolute atomic E-state index is 0.137. The van der Waals surface area contributed by atoms with Crippen LogP contribution in [0.1, 0.15) is 26.3 Å². The average molecular weight is 177 g/mol. The van der Waals surface area contributed by atoms with Crippen LogP contribution in [0.25, 0.3) is 0 Å². The van der Waals surface area contributed by atoms with Crippen LogP contribution in [0.2, 0.25) is 0 Å². The summed E-state index contributed by atoms with van der Waals surface area (Å²) in [5.74, 6) is 0. The first-order valence-electron chi connectivity index (χ1n) is 4.49. The Kier molecular flexibility index (Phi) is 2.94. The quantitative estimate of drug-likeness (QED) is 0.678. The maximum atomic E-state index is 5.61. The van der Waals surface area contributed by atoms with E-state index in [9.17, 15) is 0 Å². The summed E-state index contributed by atoms with van der Waals surface area (Å²) in [4.78, 5) is 0. The standard InChI is InChI=1S/C11H17N2/c1-11(2,3)13-8-9-5-4-6-10(12)7-9/h4-6,13H,8,12H2,1-3H3. The Hall–Kier alpha value is -1.02. The molecule has 0 aliphatic carbocycles. The van der Waals surface area contributed by atoms with E-state index in [0.717, 1.165) is 12.1 Å². The van der Waals surface area contributed by atoms with Crippen LogP contribution in [0.5, 0.6) is 0 Å². The maximum absolute atomic E-state index is 5.61. The van der Waals surface area contributed by atoms with E-state index in [2.05, 4.69) is 32.2 Å². The molecule has 0 amide bonds. The molecule has 1 radical (unpaired) electrons. The first-order chi connectivity index (χ1) is 5.97. The van der Waals surface area contributed by atoms with Gasteiger partial charge < -0.3 is 11.1 Å². The summed E-state index contributed by atoms with van der Waals surface area (Å²) in [7, 11) is 0. The highest BCUT2D eigenvalue weighted by Crippen LogP contribution is 2.07. The van der Waals surface area contributed by atoms with Crippen LogP contribution in [0, 0.1) is 6.07 Å². The molecule has 0 aliphatic rings. The summed E-state index contributed by atoms with van der Waals surface area (Å²) in [6.07, 6.45) is 0. The number of anilines is 1. The molecule has 71 valence electrons. The first-order valence-corrected chi connectivity index (χ1v) is 4.49. The highest BCUT2D eigenvalue weighted by molar-refractivity contribution is 5.38. The molecule has 1 aromatic carbocycles. The minimum Gasteiger partial charge on any atom is -0.398 e. The van der Waals surface area contributed by atoms with E-state index in [1.165, 1.54) is 0 Å². The van der Waals surface area contributed by atoms with Gasteiger partial charge in [-0.1, -0.05) is 12.1 Å². The minimum atomic E-state index is 0.137. The summed E-state index contributed by atoms with van der Waals surface area (Å²) in [5, 5.41) is 3.38. The van der Waals surface area contributed by atoms with E-state index in [-0.39, 0.29) is 5.54 Å². The van der Waals surface area contributed by atoms with Gasteiger partial charge in [-0.3, -0.25) is 0 Å². The van der Waals surface area contributed by atoms with Gasteiger partial charge in [-0.2, -0.15) is 0 Å². The number of nitrogens with one attached hydrogen (secondary N) is 1. The number of nitrogens with two attached hydrogens (primary N) is 1. The molecular weight excluding hydrogens is 160 g/mol.